The van der Waals surface area contributed by atoms with Crippen molar-refractivity contribution in [2.75, 3.05) is 6.54 Å². The van der Waals surface area contributed by atoms with Gasteiger partial charge in [0.2, 0.25) is 5.91 Å². The van der Waals surface area contributed by atoms with Crippen LogP contribution in [0.25, 0.3) is 0 Å². The van der Waals surface area contributed by atoms with Crippen LogP contribution in [0.4, 0.5) is 0 Å². The van der Waals surface area contributed by atoms with Crippen LogP contribution < -0.4 is 11.1 Å². The highest BCUT2D eigenvalue weighted by atomic mass is 35.5. The summed E-state index contributed by atoms with van der Waals surface area (Å²) < 4.78 is 0. The highest BCUT2D eigenvalue weighted by Crippen LogP contribution is 2.42. The van der Waals surface area contributed by atoms with Crippen molar-refractivity contribution in [2.45, 2.75) is 77.2 Å². The molecule has 21 heavy (non-hydrogen) atoms. The minimum Gasteiger partial charge on any atom is -0.349 e. The Morgan fingerprint density at radius 2 is 1.71 bits per heavy atom. The lowest BCUT2D eigenvalue weighted by Gasteiger charge is -2.40. The summed E-state index contributed by atoms with van der Waals surface area (Å²) in [7, 11) is 0. The fraction of sp³-hybridized carbons (Fsp3) is 0.941. The molecule has 2 aliphatic carbocycles. The smallest absolute Gasteiger partial charge is 0.223 e. The van der Waals surface area contributed by atoms with E-state index in [2.05, 4.69) is 19.2 Å². The van der Waals surface area contributed by atoms with Crippen LogP contribution in [0.1, 0.15) is 71.6 Å². The summed E-state index contributed by atoms with van der Waals surface area (Å²) in [6.07, 6.45) is 10.8. The fourth-order valence-electron chi connectivity index (χ4n) is 4.24. The molecule has 0 aromatic carbocycles. The Morgan fingerprint density at radius 1 is 1.10 bits per heavy atom. The van der Waals surface area contributed by atoms with E-state index >= 15 is 0 Å². The van der Waals surface area contributed by atoms with Crippen LogP contribution in [0.3, 0.4) is 0 Å². The third kappa shape index (κ3) is 4.35. The lowest BCUT2D eigenvalue weighted by molar-refractivity contribution is -0.129. The van der Waals surface area contributed by atoms with Crippen molar-refractivity contribution in [3.05, 3.63) is 0 Å². The van der Waals surface area contributed by atoms with Gasteiger partial charge >= 0.3 is 0 Å². The van der Waals surface area contributed by atoms with Crippen molar-refractivity contribution in [3.8, 4) is 0 Å². The molecule has 124 valence electrons. The number of carbonyl (C=O) groups excluding carboxylic acids is 1. The van der Waals surface area contributed by atoms with E-state index in [0.717, 1.165) is 37.5 Å². The normalized spacial score (nSPS) is 29.2. The number of hydrogen-bond donors (Lipinski definition) is 2. The van der Waals surface area contributed by atoms with E-state index in [1.165, 1.54) is 32.1 Å². The Kier molecular flexibility index (Phi) is 7.49. The summed E-state index contributed by atoms with van der Waals surface area (Å²) in [4.78, 5) is 12.6. The van der Waals surface area contributed by atoms with Crippen molar-refractivity contribution in [1.29, 1.82) is 0 Å². The molecular weight excluding hydrogens is 284 g/mol. The zero-order chi connectivity index (χ0) is 14.6. The van der Waals surface area contributed by atoms with E-state index in [-0.39, 0.29) is 29.8 Å². The van der Waals surface area contributed by atoms with Crippen LogP contribution in [0.5, 0.6) is 0 Å². The van der Waals surface area contributed by atoms with E-state index in [4.69, 9.17) is 5.73 Å². The maximum atomic E-state index is 12.6. The molecule has 2 rings (SSSR count). The Labute approximate surface area is 136 Å². The van der Waals surface area contributed by atoms with Gasteiger partial charge in [0.1, 0.15) is 0 Å². The van der Waals surface area contributed by atoms with Gasteiger partial charge in [0, 0.05) is 12.5 Å². The predicted molar refractivity (Wildman–Crippen MR) is 90.5 cm³/mol. The second-order valence-corrected chi connectivity index (χ2v) is 7.00. The van der Waals surface area contributed by atoms with E-state index in [1.54, 1.807) is 0 Å². The molecule has 2 aliphatic rings. The molecule has 0 radical (unpaired) electrons. The van der Waals surface area contributed by atoms with Crippen LogP contribution >= 0.6 is 12.4 Å². The number of halogens is 1. The summed E-state index contributed by atoms with van der Waals surface area (Å²) in [5.41, 5.74) is 5.72. The van der Waals surface area contributed by atoms with Gasteiger partial charge in [0.25, 0.3) is 0 Å². The first-order chi connectivity index (χ1) is 9.64. The number of nitrogens with one attached hydrogen (secondary N) is 1. The summed E-state index contributed by atoms with van der Waals surface area (Å²) in [6.45, 7) is 4.79. The molecule has 2 fully saturated rings. The summed E-state index contributed by atoms with van der Waals surface area (Å²) >= 11 is 0. The van der Waals surface area contributed by atoms with Crippen LogP contribution in [0.15, 0.2) is 0 Å². The molecule has 0 bridgehead atoms. The zero-order valence-electron chi connectivity index (χ0n) is 13.7. The van der Waals surface area contributed by atoms with Crippen molar-refractivity contribution in [1.82, 2.24) is 5.32 Å². The topological polar surface area (TPSA) is 55.1 Å². The first-order valence-electron chi connectivity index (χ1n) is 8.66. The monoisotopic (exact) mass is 316 g/mol. The van der Waals surface area contributed by atoms with E-state index < -0.39 is 0 Å². The quantitative estimate of drug-likeness (QED) is 0.813. The maximum absolute atomic E-state index is 12.6. The first kappa shape index (κ1) is 18.8. The number of hydrogen-bond acceptors (Lipinski definition) is 2. The van der Waals surface area contributed by atoms with Crippen molar-refractivity contribution >= 4 is 18.3 Å². The maximum Gasteiger partial charge on any atom is 0.223 e. The Balaban J connectivity index is 0.00000220. The van der Waals surface area contributed by atoms with E-state index in [0.29, 0.717) is 6.54 Å². The molecule has 0 aliphatic heterocycles. The molecule has 4 heteroatoms. The van der Waals surface area contributed by atoms with Crippen molar-refractivity contribution in [3.63, 3.8) is 0 Å². The van der Waals surface area contributed by atoms with Crippen LogP contribution in [-0.4, -0.2) is 18.0 Å². The highest BCUT2D eigenvalue weighted by molar-refractivity contribution is 5.85. The Bertz CT molecular complexity index is 322. The molecule has 0 aromatic heterocycles. The zero-order valence-corrected chi connectivity index (χ0v) is 14.5. The van der Waals surface area contributed by atoms with Gasteiger partial charge in [0.05, 0.1) is 5.54 Å². The molecule has 0 spiro atoms. The summed E-state index contributed by atoms with van der Waals surface area (Å²) in [6, 6.07) is 0. The number of carbonyl (C=O) groups is 1. The van der Waals surface area contributed by atoms with Crippen LogP contribution in [-0.2, 0) is 4.79 Å². The molecule has 3 nitrogen and oxygen atoms in total. The van der Waals surface area contributed by atoms with Crippen molar-refractivity contribution in [2.24, 2.45) is 23.5 Å². The van der Waals surface area contributed by atoms with Gasteiger partial charge in [0.15, 0.2) is 0 Å². The SMILES string of the molecule is CCC(CC)(CN)NC(=O)C1CCC2CCCCC2C1.Cl. The van der Waals surface area contributed by atoms with Gasteiger partial charge in [-0.3, -0.25) is 4.79 Å². The molecule has 1 amide bonds. The highest BCUT2D eigenvalue weighted by Gasteiger charge is 2.37. The number of fused-ring (bicyclic) bond motifs is 1. The third-order valence-corrected chi connectivity index (χ3v) is 6.04. The number of rotatable bonds is 5. The van der Waals surface area contributed by atoms with Crippen LogP contribution in [0, 0.1) is 17.8 Å². The van der Waals surface area contributed by atoms with Gasteiger partial charge in [-0.15, -0.1) is 12.4 Å². The Morgan fingerprint density at radius 3 is 2.29 bits per heavy atom. The molecule has 3 N–H and O–H groups in total. The standard InChI is InChI=1S/C17H32N2O.ClH/c1-3-17(4-2,12-18)19-16(20)15-10-9-13-7-5-6-8-14(13)11-15;/h13-15H,3-12,18H2,1-2H3,(H,19,20);1H. The second-order valence-electron chi connectivity index (χ2n) is 7.00. The molecule has 3 atom stereocenters. The van der Waals surface area contributed by atoms with Crippen LogP contribution in [0.2, 0.25) is 0 Å². The second kappa shape index (κ2) is 8.38. The Hall–Kier alpha value is -0.280. The average Bonchev–Trinajstić information content (AvgIpc) is 2.52. The lowest BCUT2D eigenvalue weighted by Crippen LogP contribution is -2.55. The summed E-state index contributed by atoms with van der Waals surface area (Å²) in [5, 5.41) is 3.28. The number of nitrogens with two attached hydrogens (primary N) is 1. The number of amides is 1. The molecule has 2 saturated carbocycles. The van der Waals surface area contributed by atoms with Gasteiger partial charge in [-0.1, -0.05) is 39.5 Å². The molecular formula is C17H33ClN2O. The first-order valence-corrected chi connectivity index (χ1v) is 8.66. The summed E-state index contributed by atoms with van der Waals surface area (Å²) in [5.74, 6) is 2.22. The minimum absolute atomic E-state index is 0. The van der Waals surface area contributed by atoms with Gasteiger partial charge < -0.3 is 11.1 Å². The third-order valence-electron chi connectivity index (χ3n) is 6.04. The van der Waals surface area contributed by atoms with Crippen molar-refractivity contribution < 1.29 is 4.79 Å². The fourth-order valence-corrected chi connectivity index (χ4v) is 4.24. The van der Waals surface area contributed by atoms with Gasteiger partial charge in [-0.25, -0.2) is 0 Å². The van der Waals surface area contributed by atoms with E-state index in [9.17, 15) is 4.79 Å². The van der Waals surface area contributed by atoms with Gasteiger partial charge in [-0.2, -0.15) is 0 Å². The molecule has 0 saturated heterocycles. The van der Waals surface area contributed by atoms with Gasteiger partial charge in [-0.05, 0) is 43.9 Å². The lowest BCUT2D eigenvalue weighted by atomic mass is 9.67. The molecule has 3 unspecified atom stereocenters. The van der Waals surface area contributed by atoms with E-state index in [1.807, 2.05) is 0 Å². The molecule has 0 heterocycles. The molecule has 0 aromatic rings. The predicted octanol–water partition coefficient (Wildman–Crippen LogP) is 3.65. The largest absolute Gasteiger partial charge is 0.349 e. The average molecular weight is 317 g/mol. The minimum atomic E-state index is -0.180.